The summed E-state index contributed by atoms with van der Waals surface area (Å²) in [6, 6.07) is 7.66. The lowest BCUT2D eigenvalue weighted by Crippen LogP contribution is -2.46. The lowest BCUT2D eigenvalue weighted by molar-refractivity contribution is -0.129. The van der Waals surface area contributed by atoms with Crippen LogP contribution in [0.4, 0.5) is 4.79 Å². The van der Waals surface area contributed by atoms with Crippen molar-refractivity contribution >= 4 is 23.8 Å². The number of amides is 2. The predicted molar refractivity (Wildman–Crippen MR) is 97.0 cm³/mol. The summed E-state index contributed by atoms with van der Waals surface area (Å²) < 4.78 is 5.36. The normalized spacial score (nSPS) is 17.2. The standard InChI is InChI=1S/C18H26N2O3S/c1-5-24-12-16(21)20-10-13-8-6-7-9-14(13)15(11-20)19-17(22)23-18(2,3)4/h6-9,15H,5,10-12H2,1-4H3,(H,19,22). The molecule has 1 atom stereocenters. The Morgan fingerprint density at radius 2 is 2.04 bits per heavy atom. The molecule has 6 heteroatoms. The summed E-state index contributed by atoms with van der Waals surface area (Å²) in [5.74, 6) is 1.49. The summed E-state index contributed by atoms with van der Waals surface area (Å²) in [6.45, 7) is 8.60. The molecule has 0 radical (unpaired) electrons. The molecule has 1 unspecified atom stereocenters. The first kappa shape index (κ1) is 18.6. The van der Waals surface area contributed by atoms with Gasteiger partial charge in [0.1, 0.15) is 5.60 Å². The van der Waals surface area contributed by atoms with E-state index in [1.54, 1.807) is 11.8 Å². The van der Waals surface area contributed by atoms with E-state index in [0.29, 0.717) is 18.8 Å². The second kappa shape index (κ2) is 7.92. The third kappa shape index (κ3) is 5.16. The first-order chi connectivity index (χ1) is 11.3. The van der Waals surface area contributed by atoms with E-state index in [4.69, 9.17) is 4.74 Å². The van der Waals surface area contributed by atoms with E-state index in [2.05, 4.69) is 5.32 Å². The monoisotopic (exact) mass is 350 g/mol. The molecule has 1 aromatic carbocycles. The number of carbonyl (C=O) groups is 2. The van der Waals surface area contributed by atoms with Gasteiger partial charge in [0, 0.05) is 13.1 Å². The molecular weight excluding hydrogens is 324 g/mol. The average Bonchev–Trinajstić information content (AvgIpc) is 2.50. The van der Waals surface area contributed by atoms with Gasteiger partial charge in [-0.15, -0.1) is 0 Å². The van der Waals surface area contributed by atoms with Crippen molar-refractivity contribution in [3.05, 3.63) is 35.4 Å². The van der Waals surface area contributed by atoms with E-state index in [1.165, 1.54) is 0 Å². The zero-order valence-corrected chi connectivity index (χ0v) is 15.6. The topological polar surface area (TPSA) is 58.6 Å². The van der Waals surface area contributed by atoms with E-state index in [0.717, 1.165) is 16.9 Å². The molecule has 0 saturated carbocycles. The van der Waals surface area contributed by atoms with Gasteiger partial charge in [-0.2, -0.15) is 11.8 Å². The Labute approximate surface area is 148 Å². The number of benzene rings is 1. The first-order valence-corrected chi connectivity index (χ1v) is 9.38. The van der Waals surface area contributed by atoms with Crippen molar-refractivity contribution in [2.24, 2.45) is 0 Å². The number of hydrogen-bond acceptors (Lipinski definition) is 4. The molecule has 132 valence electrons. The average molecular weight is 350 g/mol. The number of nitrogens with one attached hydrogen (secondary N) is 1. The highest BCUT2D eigenvalue weighted by Gasteiger charge is 2.30. The lowest BCUT2D eigenvalue weighted by atomic mass is 9.95. The number of rotatable bonds is 4. The van der Waals surface area contributed by atoms with E-state index in [9.17, 15) is 9.59 Å². The SMILES string of the molecule is CCSCC(=O)N1Cc2ccccc2C(NC(=O)OC(C)(C)C)C1. The van der Waals surface area contributed by atoms with Gasteiger partial charge in [0.2, 0.25) is 5.91 Å². The van der Waals surface area contributed by atoms with Crippen LogP contribution in [-0.2, 0) is 16.1 Å². The zero-order valence-electron chi connectivity index (χ0n) is 14.8. The van der Waals surface area contributed by atoms with Crippen molar-refractivity contribution in [3.8, 4) is 0 Å². The zero-order chi connectivity index (χ0) is 17.7. The van der Waals surface area contributed by atoms with Gasteiger partial charge >= 0.3 is 6.09 Å². The summed E-state index contributed by atoms with van der Waals surface area (Å²) >= 11 is 1.61. The van der Waals surface area contributed by atoms with Gasteiger partial charge < -0.3 is 15.0 Å². The van der Waals surface area contributed by atoms with Gasteiger partial charge in [0.15, 0.2) is 0 Å². The Morgan fingerprint density at radius 1 is 1.33 bits per heavy atom. The fourth-order valence-electron chi connectivity index (χ4n) is 2.65. The second-order valence-corrected chi connectivity index (χ2v) is 8.08. The number of carbonyl (C=O) groups excluding carboxylic acids is 2. The molecule has 1 N–H and O–H groups in total. The molecule has 0 bridgehead atoms. The fraction of sp³-hybridized carbons (Fsp3) is 0.556. The number of fused-ring (bicyclic) bond motifs is 1. The molecule has 0 fully saturated rings. The van der Waals surface area contributed by atoms with Crippen molar-refractivity contribution in [1.29, 1.82) is 0 Å². The Morgan fingerprint density at radius 3 is 2.71 bits per heavy atom. The number of nitrogens with zero attached hydrogens (tertiary/aromatic N) is 1. The predicted octanol–water partition coefficient (Wildman–Crippen LogP) is 3.35. The molecule has 1 heterocycles. The smallest absolute Gasteiger partial charge is 0.408 e. The molecule has 0 aliphatic carbocycles. The van der Waals surface area contributed by atoms with Crippen LogP contribution in [0.3, 0.4) is 0 Å². The van der Waals surface area contributed by atoms with Crippen molar-refractivity contribution < 1.29 is 14.3 Å². The molecular formula is C18H26N2O3S. The van der Waals surface area contributed by atoms with Crippen LogP contribution >= 0.6 is 11.8 Å². The van der Waals surface area contributed by atoms with Crippen molar-refractivity contribution in [2.75, 3.05) is 18.1 Å². The van der Waals surface area contributed by atoms with Crippen LogP contribution in [-0.4, -0.2) is 40.6 Å². The Kier molecular flexibility index (Phi) is 6.15. The Hall–Kier alpha value is -1.69. The van der Waals surface area contributed by atoms with Crippen LogP contribution in [0.1, 0.15) is 44.9 Å². The molecule has 0 spiro atoms. The Bertz CT molecular complexity index is 598. The number of ether oxygens (including phenoxy) is 1. The van der Waals surface area contributed by atoms with Crippen molar-refractivity contribution in [2.45, 2.75) is 45.9 Å². The molecule has 0 saturated heterocycles. The minimum atomic E-state index is -0.550. The molecule has 24 heavy (non-hydrogen) atoms. The summed E-state index contributed by atoms with van der Waals surface area (Å²) in [5.41, 5.74) is 1.57. The summed E-state index contributed by atoms with van der Waals surface area (Å²) in [4.78, 5) is 26.3. The highest BCUT2D eigenvalue weighted by atomic mass is 32.2. The molecule has 2 rings (SSSR count). The summed E-state index contributed by atoms with van der Waals surface area (Å²) in [7, 11) is 0. The molecule has 1 aliphatic rings. The van der Waals surface area contributed by atoms with Crippen LogP contribution in [0.5, 0.6) is 0 Å². The van der Waals surface area contributed by atoms with Gasteiger partial charge in [-0.25, -0.2) is 4.79 Å². The van der Waals surface area contributed by atoms with Crippen LogP contribution in [0.15, 0.2) is 24.3 Å². The van der Waals surface area contributed by atoms with Gasteiger partial charge in [0.05, 0.1) is 11.8 Å². The third-order valence-electron chi connectivity index (χ3n) is 3.67. The Balaban J connectivity index is 2.13. The highest BCUT2D eigenvalue weighted by molar-refractivity contribution is 7.99. The number of hydrogen-bond donors (Lipinski definition) is 1. The van der Waals surface area contributed by atoms with E-state index in [-0.39, 0.29) is 11.9 Å². The van der Waals surface area contributed by atoms with Gasteiger partial charge in [-0.1, -0.05) is 31.2 Å². The van der Waals surface area contributed by atoms with Crippen LogP contribution in [0.2, 0.25) is 0 Å². The van der Waals surface area contributed by atoms with Crippen LogP contribution < -0.4 is 5.32 Å². The largest absolute Gasteiger partial charge is 0.444 e. The molecule has 2 amide bonds. The molecule has 1 aliphatic heterocycles. The van der Waals surface area contributed by atoms with Crippen molar-refractivity contribution in [1.82, 2.24) is 10.2 Å². The molecule has 5 nitrogen and oxygen atoms in total. The summed E-state index contributed by atoms with van der Waals surface area (Å²) in [6.07, 6.45) is -0.459. The number of alkyl carbamates (subject to hydrolysis) is 1. The first-order valence-electron chi connectivity index (χ1n) is 8.23. The molecule has 0 aromatic heterocycles. The maximum Gasteiger partial charge on any atom is 0.408 e. The fourth-order valence-corrected chi connectivity index (χ4v) is 3.21. The van der Waals surface area contributed by atoms with E-state index < -0.39 is 11.7 Å². The van der Waals surface area contributed by atoms with Gasteiger partial charge in [-0.05, 0) is 37.7 Å². The van der Waals surface area contributed by atoms with Gasteiger partial charge in [-0.3, -0.25) is 4.79 Å². The minimum Gasteiger partial charge on any atom is -0.444 e. The van der Waals surface area contributed by atoms with Crippen LogP contribution in [0, 0.1) is 0 Å². The van der Waals surface area contributed by atoms with Crippen molar-refractivity contribution in [3.63, 3.8) is 0 Å². The third-order valence-corrected chi connectivity index (χ3v) is 4.53. The highest BCUT2D eigenvalue weighted by Crippen LogP contribution is 2.27. The van der Waals surface area contributed by atoms with Crippen LogP contribution in [0.25, 0.3) is 0 Å². The number of thioether (sulfide) groups is 1. The quantitative estimate of drug-likeness (QED) is 0.905. The molecule has 1 aromatic rings. The lowest BCUT2D eigenvalue weighted by Gasteiger charge is -2.35. The summed E-state index contributed by atoms with van der Waals surface area (Å²) in [5, 5.41) is 2.91. The maximum absolute atomic E-state index is 12.4. The van der Waals surface area contributed by atoms with Gasteiger partial charge in [0.25, 0.3) is 0 Å². The maximum atomic E-state index is 12.4. The minimum absolute atomic E-state index is 0.104. The van der Waals surface area contributed by atoms with E-state index >= 15 is 0 Å². The van der Waals surface area contributed by atoms with E-state index in [1.807, 2.05) is 56.9 Å². The second-order valence-electron chi connectivity index (χ2n) is 6.81.